The van der Waals surface area contributed by atoms with E-state index in [0.717, 1.165) is 38.5 Å². The Morgan fingerprint density at radius 2 is 1.04 bits per heavy atom. The summed E-state index contributed by atoms with van der Waals surface area (Å²) in [6.07, 6.45) is 7.36. The minimum Gasteiger partial charge on any atom is -0.375 e. The summed E-state index contributed by atoms with van der Waals surface area (Å²) in [6.45, 7) is 4.47. The van der Waals surface area contributed by atoms with E-state index < -0.39 is 0 Å². The molecule has 0 spiro atoms. The maximum atomic E-state index is 6.39. The second kappa shape index (κ2) is 10.2. The molecule has 2 aromatic carbocycles. The average Bonchev–Trinajstić information content (AvgIpc) is 2.63. The van der Waals surface area contributed by atoms with E-state index in [0.29, 0.717) is 12.2 Å². The lowest BCUT2D eigenvalue weighted by molar-refractivity contribution is -0.0232. The van der Waals surface area contributed by atoms with Gasteiger partial charge in [0.05, 0.1) is 12.2 Å². The minimum atomic E-state index is 0.371. The van der Waals surface area contributed by atoms with Crippen LogP contribution < -0.4 is 0 Å². The Hall–Kier alpha value is -1.60. The van der Waals surface area contributed by atoms with Gasteiger partial charge in [-0.2, -0.15) is 0 Å². The van der Waals surface area contributed by atoms with Crippen LogP contribution in [0.4, 0.5) is 0 Å². The van der Waals surface area contributed by atoms with Gasteiger partial charge >= 0.3 is 0 Å². The molecule has 0 saturated carbocycles. The van der Waals surface area contributed by atoms with Gasteiger partial charge in [-0.3, -0.25) is 0 Å². The fraction of sp³-hybridized carbons (Fsp3) is 0.455. The first-order valence-corrected chi connectivity index (χ1v) is 9.05. The van der Waals surface area contributed by atoms with Gasteiger partial charge in [0, 0.05) is 0 Å². The zero-order valence-corrected chi connectivity index (χ0v) is 14.6. The first-order chi connectivity index (χ1) is 11.3. The highest BCUT2D eigenvalue weighted by molar-refractivity contribution is 5.15. The molecule has 0 radical (unpaired) electrons. The largest absolute Gasteiger partial charge is 0.375 e. The number of hydrogen-bond acceptors (Lipinski definition) is 1. The Balaban J connectivity index is 1.78. The maximum absolute atomic E-state index is 6.39. The third-order valence-corrected chi connectivity index (χ3v) is 4.49. The molecule has 2 atom stereocenters. The molecule has 1 heteroatoms. The van der Waals surface area contributed by atoms with Crippen molar-refractivity contribution in [3.05, 3.63) is 71.8 Å². The predicted molar refractivity (Wildman–Crippen MR) is 98.8 cm³/mol. The van der Waals surface area contributed by atoms with E-state index in [1.165, 1.54) is 11.1 Å². The molecule has 0 aliphatic heterocycles. The van der Waals surface area contributed by atoms with E-state index in [4.69, 9.17) is 4.74 Å². The first kappa shape index (κ1) is 17.7. The molecule has 2 aromatic rings. The summed E-state index contributed by atoms with van der Waals surface area (Å²) in [4.78, 5) is 0. The van der Waals surface area contributed by atoms with Crippen molar-refractivity contribution in [2.45, 2.75) is 64.6 Å². The van der Waals surface area contributed by atoms with E-state index in [1.54, 1.807) is 0 Å². The quantitative estimate of drug-likeness (QED) is 0.537. The van der Waals surface area contributed by atoms with Crippen molar-refractivity contribution in [2.75, 3.05) is 0 Å². The summed E-state index contributed by atoms with van der Waals surface area (Å²) < 4.78 is 6.39. The smallest absolute Gasteiger partial charge is 0.0579 e. The number of rotatable bonds is 10. The number of hydrogen-bond donors (Lipinski definition) is 0. The van der Waals surface area contributed by atoms with Gasteiger partial charge in [-0.25, -0.2) is 0 Å². The van der Waals surface area contributed by atoms with Crippen molar-refractivity contribution < 1.29 is 4.74 Å². The van der Waals surface area contributed by atoms with Crippen LogP contribution in [0.5, 0.6) is 0 Å². The van der Waals surface area contributed by atoms with Crippen LogP contribution in [0.3, 0.4) is 0 Å². The molecule has 0 unspecified atom stereocenters. The highest BCUT2D eigenvalue weighted by Crippen LogP contribution is 2.17. The van der Waals surface area contributed by atoms with E-state index in [1.807, 2.05) is 0 Å². The van der Waals surface area contributed by atoms with Crippen LogP contribution in [0.25, 0.3) is 0 Å². The summed E-state index contributed by atoms with van der Waals surface area (Å²) in [5, 5.41) is 0. The Bertz CT molecular complexity index is 471. The lowest BCUT2D eigenvalue weighted by Gasteiger charge is -2.23. The van der Waals surface area contributed by atoms with Crippen molar-refractivity contribution in [3.63, 3.8) is 0 Å². The minimum absolute atomic E-state index is 0.371. The van der Waals surface area contributed by atoms with Gasteiger partial charge in [-0.15, -0.1) is 0 Å². The molecular formula is C22H30O. The van der Waals surface area contributed by atoms with Gasteiger partial charge in [-0.1, -0.05) is 74.5 Å². The topological polar surface area (TPSA) is 9.23 Å². The molecule has 0 heterocycles. The average molecular weight is 310 g/mol. The molecule has 0 aliphatic carbocycles. The molecule has 0 amide bonds. The summed E-state index contributed by atoms with van der Waals surface area (Å²) in [5.74, 6) is 0. The van der Waals surface area contributed by atoms with Crippen LogP contribution in [-0.2, 0) is 17.6 Å². The maximum Gasteiger partial charge on any atom is 0.0579 e. The second-order valence-electron chi connectivity index (χ2n) is 6.25. The third kappa shape index (κ3) is 6.58. The van der Waals surface area contributed by atoms with Crippen molar-refractivity contribution in [1.82, 2.24) is 0 Å². The Kier molecular flexibility index (Phi) is 7.89. The molecule has 0 fully saturated rings. The molecule has 0 N–H and O–H groups in total. The highest BCUT2D eigenvalue weighted by Gasteiger charge is 2.14. The molecule has 124 valence electrons. The van der Waals surface area contributed by atoms with Crippen LogP contribution in [0, 0.1) is 0 Å². The monoisotopic (exact) mass is 310 g/mol. The molecular weight excluding hydrogens is 280 g/mol. The molecule has 0 aromatic heterocycles. The first-order valence-electron chi connectivity index (χ1n) is 9.05. The highest BCUT2D eigenvalue weighted by atomic mass is 16.5. The Morgan fingerprint density at radius 1 is 0.652 bits per heavy atom. The molecule has 23 heavy (non-hydrogen) atoms. The van der Waals surface area contributed by atoms with Crippen molar-refractivity contribution >= 4 is 0 Å². The van der Waals surface area contributed by atoms with Crippen LogP contribution >= 0.6 is 0 Å². The van der Waals surface area contributed by atoms with Crippen molar-refractivity contribution in [3.8, 4) is 0 Å². The molecule has 0 aliphatic rings. The van der Waals surface area contributed by atoms with E-state index >= 15 is 0 Å². The second-order valence-corrected chi connectivity index (χ2v) is 6.25. The zero-order valence-electron chi connectivity index (χ0n) is 14.6. The van der Waals surface area contributed by atoms with Crippen LogP contribution in [0.1, 0.15) is 50.7 Å². The van der Waals surface area contributed by atoms with E-state index in [9.17, 15) is 0 Å². The summed E-state index contributed by atoms with van der Waals surface area (Å²) in [7, 11) is 0. The van der Waals surface area contributed by atoms with Crippen LogP contribution in [-0.4, -0.2) is 12.2 Å². The van der Waals surface area contributed by atoms with Crippen LogP contribution in [0.2, 0.25) is 0 Å². The van der Waals surface area contributed by atoms with Crippen LogP contribution in [0.15, 0.2) is 60.7 Å². The lowest BCUT2D eigenvalue weighted by atomic mass is 10.0. The summed E-state index contributed by atoms with van der Waals surface area (Å²) in [5.41, 5.74) is 2.82. The molecule has 1 nitrogen and oxygen atoms in total. The van der Waals surface area contributed by atoms with Gasteiger partial charge in [0.25, 0.3) is 0 Å². The van der Waals surface area contributed by atoms with E-state index in [2.05, 4.69) is 74.5 Å². The summed E-state index contributed by atoms with van der Waals surface area (Å²) >= 11 is 0. The fourth-order valence-corrected chi connectivity index (χ4v) is 2.95. The van der Waals surface area contributed by atoms with Gasteiger partial charge in [-0.05, 0) is 49.7 Å². The van der Waals surface area contributed by atoms with Gasteiger partial charge in [0.1, 0.15) is 0 Å². The van der Waals surface area contributed by atoms with Gasteiger partial charge in [0.15, 0.2) is 0 Å². The Labute approximate surface area is 141 Å². The fourth-order valence-electron chi connectivity index (χ4n) is 2.95. The van der Waals surface area contributed by atoms with Crippen molar-refractivity contribution in [1.29, 1.82) is 0 Å². The standard InChI is InChI=1S/C22H30O/c1-3-21(17-15-19-11-7-5-8-12-19)23-22(4-2)18-16-20-13-9-6-10-14-20/h5-14,21-22H,3-4,15-18H2,1-2H3/t21-,22+. The number of benzene rings is 2. The SMILES string of the molecule is CC[C@H](CCc1ccccc1)O[C@@H](CC)CCc1ccccc1. The predicted octanol–water partition coefficient (Wildman–Crippen LogP) is 5.83. The van der Waals surface area contributed by atoms with Gasteiger partial charge in [0.2, 0.25) is 0 Å². The van der Waals surface area contributed by atoms with E-state index in [-0.39, 0.29) is 0 Å². The third-order valence-electron chi connectivity index (χ3n) is 4.49. The van der Waals surface area contributed by atoms with Gasteiger partial charge < -0.3 is 4.74 Å². The number of ether oxygens (including phenoxy) is 1. The number of aryl methyl sites for hydroxylation is 2. The normalized spacial score (nSPS) is 13.7. The van der Waals surface area contributed by atoms with Crippen molar-refractivity contribution in [2.24, 2.45) is 0 Å². The summed E-state index contributed by atoms with van der Waals surface area (Å²) in [6, 6.07) is 21.5. The Morgan fingerprint density at radius 3 is 1.39 bits per heavy atom. The molecule has 0 saturated heterocycles. The molecule has 2 rings (SSSR count). The lowest BCUT2D eigenvalue weighted by Crippen LogP contribution is -2.22. The zero-order chi connectivity index (χ0) is 16.3. The molecule has 0 bridgehead atoms.